The lowest BCUT2D eigenvalue weighted by molar-refractivity contribution is -0.384. The molecule has 7 heteroatoms. The minimum Gasteiger partial charge on any atom is -0.370 e. The molecule has 0 atom stereocenters. The van der Waals surface area contributed by atoms with E-state index in [1.54, 1.807) is 23.9 Å². The maximum Gasteiger partial charge on any atom is 0.269 e. The zero-order valence-corrected chi connectivity index (χ0v) is 11.8. The standard InChI is InChI=1S/C13H14N4O2S/c1-20-13-8-12(15-9-16-13)14-7-6-10-2-4-11(5-3-10)17(18)19/h2-5,8-9H,6-7H2,1H3,(H,14,15,16). The quantitative estimate of drug-likeness (QED) is 0.381. The third-order valence-electron chi connectivity index (χ3n) is 2.72. The van der Waals surface area contributed by atoms with Crippen molar-refractivity contribution in [3.05, 3.63) is 52.3 Å². The molecule has 0 bridgehead atoms. The van der Waals surface area contributed by atoms with Crippen LogP contribution in [0.25, 0.3) is 0 Å². The number of anilines is 1. The van der Waals surface area contributed by atoms with Gasteiger partial charge in [-0.15, -0.1) is 11.8 Å². The largest absolute Gasteiger partial charge is 0.370 e. The fourth-order valence-corrected chi connectivity index (χ4v) is 2.05. The molecule has 2 aromatic rings. The van der Waals surface area contributed by atoms with Gasteiger partial charge in [0.1, 0.15) is 17.2 Å². The molecule has 0 spiro atoms. The second kappa shape index (κ2) is 6.85. The molecular weight excluding hydrogens is 276 g/mol. The van der Waals surface area contributed by atoms with Gasteiger partial charge < -0.3 is 5.32 Å². The van der Waals surface area contributed by atoms with Gasteiger partial charge in [-0.25, -0.2) is 9.97 Å². The van der Waals surface area contributed by atoms with Gasteiger partial charge in [-0.1, -0.05) is 12.1 Å². The number of aromatic nitrogens is 2. The van der Waals surface area contributed by atoms with Crippen LogP contribution < -0.4 is 5.32 Å². The molecule has 0 fully saturated rings. The van der Waals surface area contributed by atoms with Crippen molar-refractivity contribution in [2.24, 2.45) is 0 Å². The van der Waals surface area contributed by atoms with Crippen molar-refractivity contribution < 1.29 is 4.92 Å². The number of benzene rings is 1. The number of non-ortho nitro benzene ring substituents is 1. The lowest BCUT2D eigenvalue weighted by atomic mass is 10.1. The Morgan fingerprint density at radius 1 is 1.30 bits per heavy atom. The number of rotatable bonds is 6. The monoisotopic (exact) mass is 290 g/mol. The van der Waals surface area contributed by atoms with Gasteiger partial charge in [0.05, 0.1) is 4.92 Å². The molecule has 0 saturated heterocycles. The van der Waals surface area contributed by atoms with Crippen molar-refractivity contribution in [3.63, 3.8) is 0 Å². The average molecular weight is 290 g/mol. The third-order valence-corrected chi connectivity index (χ3v) is 3.36. The number of hydrogen-bond acceptors (Lipinski definition) is 6. The summed E-state index contributed by atoms with van der Waals surface area (Å²) in [5.74, 6) is 0.784. The molecule has 2 rings (SSSR count). The molecule has 0 radical (unpaired) electrons. The second-order valence-electron chi connectivity index (χ2n) is 4.05. The summed E-state index contributed by atoms with van der Waals surface area (Å²) in [6, 6.07) is 8.47. The molecule has 0 aliphatic rings. The molecule has 0 unspecified atom stereocenters. The first-order chi connectivity index (χ1) is 9.69. The van der Waals surface area contributed by atoms with Crippen molar-refractivity contribution in [3.8, 4) is 0 Å². The van der Waals surface area contributed by atoms with Crippen LogP contribution >= 0.6 is 11.8 Å². The van der Waals surface area contributed by atoms with E-state index in [1.165, 1.54) is 18.5 Å². The maximum atomic E-state index is 10.5. The summed E-state index contributed by atoms with van der Waals surface area (Å²) in [6.07, 6.45) is 4.26. The summed E-state index contributed by atoms with van der Waals surface area (Å²) in [4.78, 5) is 18.4. The number of nitrogens with one attached hydrogen (secondary N) is 1. The minimum atomic E-state index is -0.396. The van der Waals surface area contributed by atoms with Crippen molar-refractivity contribution in [2.75, 3.05) is 18.1 Å². The Hall–Kier alpha value is -2.15. The van der Waals surface area contributed by atoms with Crippen LogP contribution in [-0.2, 0) is 6.42 Å². The lowest BCUT2D eigenvalue weighted by Gasteiger charge is -2.06. The molecular formula is C13H14N4O2S. The molecule has 20 heavy (non-hydrogen) atoms. The van der Waals surface area contributed by atoms with Crippen molar-refractivity contribution in [1.29, 1.82) is 0 Å². The Kier molecular flexibility index (Phi) is 4.89. The number of thioether (sulfide) groups is 1. The summed E-state index contributed by atoms with van der Waals surface area (Å²) < 4.78 is 0. The highest BCUT2D eigenvalue weighted by atomic mass is 32.2. The van der Waals surface area contributed by atoms with E-state index in [0.717, 1.165) is 22.8 Å². The fraction of sp³-hybridized carbons (Fsp3) is 0.231. The normalized spacial score (nSPS) is 10.2. The van der Waals surface area contributed by atoms with Crippen LogP contribution in [-0.4, -0.2) is 27.7 Å². The van der Waals surface area contributed by atoms with Crippen LogP contribution in [0.1, 0.15) is 5.56 Å². The SMILES string of the molecule is CSc1cc(NCCc2ccc([N+](=O)[O-])cc2)ncn1. The molecule has 1 heterocycles. The molecule has 104 valence electrons. The van der Waals surface area contributed by atoms with Crippen molar-refractivity contribution in [2.45, 2.75) is 11.4 Å². The zero-order chi connectivity index (χ0) is 14.4. The molecule has 0 aliphatic heterocycles. The predicted molar refractivity (Wildman–Crippen MR) is 79.1 cm³/mol. The highest BCUT2D eigenvalue weighted by Crippen LogP contribution is 2.14. The van der Waals surface area contributed by atoms with E-state index >= 15 is 0 Å². The molecule has 1 N–H and O–H groups in total. The van der Waals surface area contributed by atoms with E-state index in [4.69, 9.17) is 0 Å². The van der Waals surface area contributed by atoms with Gasteiger partial charge in [0.2, 0.25) is 0 Å². The van der Waals surface area contributed by atoms with Crippen molar-refractivity contribution in [1.82, 2.24) is 9.97 Å². The molecule has 0 saturated carbocycles. The summed E-state index contributed by atoms with van der Waals surface area (Å²) in [5, 5.41) is 14.7. The summed E-state index contributed by atoms with van der Waals surface area (Å²) >= 11 is 1.56. The minimum absolute atomic E-state index is 0.113. The first kappa shape index (κ1) is 14.3. The Balaban J connectivity index is 1.87. The van der Waals surface area contributed by atoms with Gasteiger partial charge in [0.15, 0.2) is 0 Å². The predicted octanol–water partition coefficient (Wildman–Crippen LogP) is 2.76. The molecule has 1 aromatic carbocycles. The van der Waals surface area contributed by atoms with Crippen LogP contribution in [0.15, 0.2) is 41.7 Å². The van der Waals surface area contributed by atoms with Crippen LogP contribution in [0.4, 0.5) is 11.5 Å². The van der Waals surface area contributed by atoms with Gasteiger partial charge in [0, 0.05) is 24.7 Å². The van der Waals surface area contributed by atoms with Gasteiger partial charge in [-0.2, -0.15) is 0 Å². The van der Waals surface area contributed by atoms with Gasteiger partial charge in [-0.05, 0) is 18.2 Å². The summed E-state index contributed by atoms with van der Waals surface area (Å²) in [7, 11) is 0. The topological polar surface area (TPSA) is 81.0 Å². The number of nitro groups is 1. The van der Waals surface area contributed by atoms with Crippen LogP contribution in [0.3, 0.4) is 0 Å². The number of nitro benzene ring substituents is 1. The highest BCUT2D eigenvalue weighted by Gasteiger charge is 2.03. The van der Waals surface area contributed by atoms with Crippen LogP contribution in [0.5, 0.6) is 0 Å². The molecule has 1 aromatic heterocycles. The maximum absolute atomic E-state index is 10.5. The second-order valence-corrected chi connectivity index (χ2v) is 4.87. The zero-order valence-electron chi connectivity index (χ0n) is 10.9. The fourth-order valence-electron chi connectivity index (χ4n) is 1.67. The number of hydrogen-bond donors (Lipinski definition) is 1. The summed E-state index contributed by atoms with van der Waals surface area (Å²) in [5.41, 5.74) is 1.16. The molecule has 6 nitrogen and oxygen atoms in total. The summed E-state index contributed by atoms with van der Waals surface area (Å²) in [6.45, 7) is 0.711. The highest BCUT2D eigenvalue weighted by molar-refractivity contribution is 7.98. The van der Waals surface area contributed by atoms with E-state index in [-0.39, 0.29) is 5.69 Å². The van der Waals surface area contributed by atoms with Crippen molar-refractivity contribution >= 4 is 23.3 Å². The van der Waals surface area contributed by atoms with Crippen LogP contribution in [0, 0.1) is 10.1 Å². The lowest BCUT2D eigenvalue weighted by Crippen LogP contribution is -2.06. The first-order valence-corrected chi connectivity index (χ1v) is 7.25. The van der Waals surface area contributed by atoms with Gasteiger partial charge in [0.25, 0.3) is 5.69 Å². The van der Waals surface area contributed by atoms with Gasteiger partial charge in [-0.3, -0.25) is 10.1 Å². The van der Waals surface area contributed by atoms with Gasteiger partial charge >= 0.3 is 0 Å². The third kappa shape index (κ3) is 3.92. The Morgan fingerprint density at radius 2 is 2.05 bits per heavy atom. The van der Waals surface area contributed by atoms with Crippen LogP contribution in [0.2, 0.25) is 0 Å². The molecule has 0 amide bonds. The average Bonchev–Trinajstić information content (AvgIpc) is 2.48. The Labute approximate surface area is 120 Å². The smallest absolute Gasteiger partial charge is 0.269 e. The van der Waals surface area contributed by atoms with E-state index in [1.807, 2.05) is 12.3 Å². The van der Waals surface area contributed by atoms with E-state index < -0.39 is 4.92 Å². The first-order valence-electron chi connectivity index (χ1n) is 6.02. The Bertz CT molecular complexity index is 589. The molecule has 0 aliphatic carbocycles. The van der Waals surface area contributed by atoms with E-state index in [2.05, 4.69) is 15.3 Å². The Morgan fingerprint density at radius 3 is 2.70 bits per heavy atom. The number of nitrogens with zero attached hydrogens (tertiary/aromatic N) is 3. The van der Waals surface area contributed by atoms with E-state index in [9.17, 15) is 10.1 Å². The van der Waals surface area contributed by atoms with E-state index in [0.29, 0.717) is 6.54 Å².